The van der Waals surface area contributed by atoms with Crippen molar-refractivity contribution in [2.75, 3.05) is 0 Å². The normalized spacial score (nSPS) is 47.2. The van der Waals surface area contributed by atoms with E-state index in [0.717, 1.165) is 41.6 Å². The molecular formula is C35H52N2O. The van der Waals surface area contributed by atoms with Crippen molar-refractivity contribution in [2.45, 2.75) is 112 Å². The van der Waals surface area contributed by atoms with Crippen molar-refractivity contribution < 1.29 is 4.79 Å². The van der Waals surface area contributed by atoms with E-state index in [1.165, 1.54) is 63.4 Å². The lowest BCUT2D eigenvalue weighted by atomic mass is 9.33. The number of hydrogen-bond acceptors (Lipinski definition) is 2. The van der Waals surface area contributed by atoms with Crippen molar-refractivity contribution in [3.63, 3.8) is 0 Å². The molecule has 0 radical (unpaired) electrons. The number of nitrogens with one attached hydrogen (secondary N) is 1. The Balaban J connectivity index is 1.27. The maximum Gasteiger partial charge on any atom is 0.251 e. The molecule has 5 saturated carbocycles. The van der Waals surface area contributed by atoms with Gasteiger partial charge in [-0.3, -0.25) is 9.78 Å². The third-order valence-corrected chi connectivity index (χ3v) is 14.2. The van der Waals surface area contributed by atoms with Gasteiger partial charge in [-0.25, -0.2) is 0 Å². The molecule has 3 nitrogen and oxygen atoms in total. The van der Waals surface area contributed by atoms with E-state index < -0.39 is 0 Å². The molecule has 10 atom stereocenters. The molecule has 3 heteroatoms. The maximum absolute atomic E-state index is 13.1. The van der Waals surface area contributed by atoms with Gasteiger partial charge in [0.05, 0.1) is 0 Å². The lowest BCUT2D eigenvalue weighted by molar-refractivity contribution is -0.231. The van der Waals surface area contributed by atoms with Gasteiger partial charge in [-0.05, 0) is 140 Å². The topological polar surface area (TPSA) is 42.0 Å². The average molecular weight is 517 g/mol. The van der Waals surface area contributed by atoms with Crippen molar-refractivity contribution in [1.29, 1.82) is 0 Å². The highest BCUT2D eigenvalue weighted by atomic mass is 16.1. The smallest absolute Gasteiger partial charge is 0.251 e. The molecular weight excluding hydrogens is 464 g/mol. The van der Waals surface area contributed by atoms with Crippen LogP contribution in [0.15, 0.2) is 36.7 Å². The molecule has 5 fully saturated rings. The average Bonchev–Trinajstić information content (AvgIpc) is 3.31. The lowest BCUT2D eigenvalue weighted by Crippen LogP contribution is -2.67. The van der Waals surface area contributed by atoms with Crippen LogP contribution in [0.25, 0.3) is 0 Å². The van der Waals surface area contributed by atoms with Crippen LogP contribution in [-0.2, 0) is 0 Å². The minimum Gasteiger partial charge on any atom is -0.349 e. The molecule has 0 aliphatic heterocycles. The predicted molar refractivity (Wildman–Crippen MR) is 156 cm³/mol. The molecule has 1 N–H and O–H groups in total. The first kappa shape index (κ1) is 26.6. The minimum atomic E-state index is 0.0585. The third kappa shape index (κ3) is 3.58. The number of hydrogen-bond donors (Lipinski definition) is 1. The van der Waals surface area contributed by atoms with Crippen LogP contribution >= 0.6 is 0 Å². The van der Waals surface area contributed by atoms with E-state index in [1.807, 2.05) is 12.1 Å². The third-order valence-electron chi connectivity index (χ3n) is 14.2. The highest BCUT2D eigenvalue weighted by Gasteiger charge is 2.69. The number of aromatic nitrogens is 1. The van der Waals surface area contributed by atoms with Gasteiger partial charge in [0.25, 0.3) is 5.91 Å². The van der Waals surface area contributed by atoms with Gasteiger partial charge in [-0.1, -0.05) is 46.8 Å². The molecule has 1 aromatic rings. The molecule has 5 aliphatic rings. The van der Waals surface area contributed by atoms with Crippen LogP contribution in [-0.4, -0.2) is 16.9 Å². The fraction of sp³-hybridized carbons (Fsp3) is 0.771. The zero-order valence-electron chi connectivity index (χ0n) is 25.0. The Morgan fingerprint density at radius 3 is 2.29 bits per heavy atom. The first-order chi connectivity index (χ1) is 17.9. The largest absolute Gasteiger partial charge is 0.349 e. The summed E-state index contributed by atoms with van der Waals surface area (Å²) in [6.45, 7) is 19.9. The summed E-state index contributed by atoms with van der Waals surface area (Å²) < 4.78 is 0. The number of amides is 1. The summed E-state index contributed by atoms with van der Waals surface area (Å²) in [5, 5.41) is 3.48. The molecule has 38 heavy (non-hydrogen) atoms. The zero-order chi connectivity index (χ0) is 27.1. The number of fused-ring (bicyclic) bond motifs is 7. The van der Waals surface area contributed by atoms with Crippen molar-refractivity contribution in [3.05, 3.63) is 42.2 Å². The van der Waals surface area contributed by atoms with Crippen LogP contribution in [0, 0.1) is 57.2 Å². The summed E-state index contributed by atoms with van der Waals surface area (Å²) in [5.41, 5.74) is 3.48. The number of allylic oxidation sites excluding steroid dienone is 1. The standard InChI is InChI=1S/C35H52N2O/c1-22(2)25-9-8-23-12-18-34(6)26(30(23)25)10-11-28-33(5)17-14-29(37-31(38)24-15-20-36-21-16-24)32(3,4)27(33)13-19-35(28,34)7/h15-16,20-21,23,25-30H,1,8-14,17-19H2,2-7H3,(H,37,38)/t23-,25+,26-,27+,28-,29?,30-,33+,34-,35-/m1/s1. The van der Waals surface area contributed by atoms with Crippen molar-refractivity contribution in [3.8, 4) is 0 Å². The monoisotopic (exact) mass is 516 g/mol. The zero-order valence-corrected chi connectivity index (χ0v) is 25.0. The molecule has 208 valence electrons. The fourth-order valence-corrected chi connectivity index (χ4v) is 12.2. The first-order valence-electron chi connectivity index (χ1n) is 15.8. The van der Waals surface area contributed by atoms with Crippen molar-refractivity contribution in [2.24, 2.45) is 57.2 Å². The van der Waals surface area contributed by atoms with Crippen LogP contribution in [0.2, 0.25) is 0 Å². The molecule has 1 heterocycles. The molecule has 1 unspecified atom stereocenters. The Hall–Kier alpha value is -1.64. The molecule has 0 saturated heterocycles. The van der Waals surface area contributed by atoms with Crippen molar-refractivity contribution >= 4 is 5.91 Å². The Bertz CT molecular complexity index is 1090. The summed E-state index contributed by atoms with van der Waals surface area (Å²) in [6, 6.07) is 3.89. The van der Waals surface area contributed by atoms with Gasteiger partial charge in [0.2, 0.25) is 0 Å². The summed E-state index contributed by atoms with van der Waals surface area (Å²) in [4.78, 5) is 17.2. The van der Waals surface area contributed by atoms with Gasteiger partial charge in [0.15, 0.2) is 0 Å². The second-order valence-electron chi connectivity index (χ2n) is 15.7. The van der Waals surface area contributed by atoms with Crippen LogP contribution < -0.4 is 5.32 Å². The highest BCUT2D eigenvalue weighted by Crippen LogP contribution is 2.76. The van der Waals surface area contributed by atoms with E-state index in [4.69, 9.17) is 0 Å². The Morgan fingerprint density at radius 1 is 0.868 bits per heavy atom. The number of nitrogens with zero attached hydrogens (tertiary/aromatic N) is 1. The van der Waals surface area contributed by atoms with Gasteiger partial charge >= 0.3 is 0 Å². The first-order valence-corrected chi connectivity index (χ1v) is 15.8. The summed E-state index contributed by atoms with van der Waals surface area (Å²) in [7, 11) is 0. The van der Waals surface area contributed by atoms with Gasteiger partial charge < -0.3 is 5.32 Å². The SMILES string of the molecule is C=C(C)[C@@H]1CC[C@@H]2CC[C@]3(C)[C@H](CC[C@@H]4[C@@]5(C)CCC(NC(=O)c6ccncc6)C(C)(C)[C@@H]5CC[C@]43C)[C@H]21. The highest BCUT2D eigenvalue weighted by molar-refractivity contribution is 5.94. The second kappa shape index (κ2) is 8.93. The summed E-state index contributed by atoms with van der Waals surface area (Å²) in [5.74, 6) is 4.95. The van der Waals surface area contributed by atoms with Gasteiger partial charge in [0.1, 0.15) is 0 Å². The van der Waals surface area contributed by atoms with Crippen LogP contribution in [0.5, 0.6) is 0 Å². The number of carbonyl (C=O) groups excluding carboxylic acids is 1. The summed E-state index contributed by atoms with van der Waals surface area (Å²) in [6.07, 6.45) is 17.0. The molecule has 0 bridgehead atoms. The van der Waals surface area contributed by atoms with Crippen LogP contribution in [0.1, 0.15) is 116 Å². The van der Waals surface area contributed by atoms with Gasteiger partial charge in [-0.15, -0.1) is 0 Å². The number of rotatable bonds is 3. The molecule has 0 spiro atoms. The maximum atomic E-state index is 13.1. The number of pyridine rings is 1. The van der Waals surface area contributed by atoms with Gasteiger partial charge in [-0.2, -0.15) is 0 Å². The van der Waals surface area contributed by atoms with Crippen LogP contribution in [0.3, 0.4) is 0 Å². The van der Waals surface area contributed by atoms with E-state index in [0.29, 0.717) is 22.2 Å². The predicted octanol–water partition coefficient (Wildman–Crippen LogP) is 8.47. The van der Waals surface area contributed by atoms with E-state index >= 15 is 0 Å². The van der Waals surface area contributed by atoms with Crippen molar-refractivity contribution in [1.82, 2.24) is 10.3 Å². The summed E-state index contributed by atoms with van der Waals surface area (Å²) >= 11 is 0. The van der Waals surface area contributed by atoms with Gasteiger partial charge in [0, 0.05) is 24.0 Å². The Morgan fingerprint density at radius 2 is 1.58 bits per heavy atom. The molecule has 6 rings (SSSR count). The van der Waals surface area contributed by atoms with E-state index in [2.05, 4.69) is 58.4 Å². The van der Waals surface area contributed by atoms with E-state index in [1.54, 1.807) is 12.4 Å². The second-order valence-corrected chi connectivity index (χ2v) is 15.7. The van der Waals surface area contributed by atoms with E-state index in [9.17, 15) is 4.79 Å². The van der Waals surface area contributed by atoms with Crippen LogP contribution in [0.4, 0.5) is 0 Å². The Labute approximate surface area is 232 Å². The molecule has 1 aromatic heterocycles. The quantitative estimate of drug-likeness (QED) is 0.409. The Kier molecular flexibility index (Phi) is 6.25. The molecule has 1 amide bonds. The number of carbonyl (C=O) groups is 1. The van der Waals surface area contributed by atoms with E-state index in [-0.39, 0.29) is 17.4 Å². The lowest BCUT2D eigenvalue weighted by Gasteiger charge is -2.72. The fourth-order valence-electron chi connectivity index (χ4n) is 12.2. The minimum absolute atomic E-state index is 0.0585. The molecule has 5 aliphatic carbocycles. The molecule has 0 aromatic carbocycles.